The highest BCUT2D eigenvalue weighted by Gasteiger charge is 2.15. The summed E-state index contributed by atoms with van der Waals surface area (Å²) in [6, 6.07) is 6.21. The van der Waals surface area contributed by atoms with Crippen molar-refractivity contribution >= 4 is 17.4 Å². The van der Waals surface area contributed by atoms with E-state index in [1.165, 1.54) is 5.56 Å². The highest BCUT2D eigenvalue weighted by Crippen LogP contribution is 2.33. The number of hydrogen-bond donors (Lipinski definition) is 1. The Morgan fingerprint density at radius 2 is 2.20 bits per heavy atom. The number of aromatic nitrogens is 2. The fraction of sp³-hybridized carbons (Fsp3) is 0.357. The van der Waals surface area contributed by atoms with E-state index in [9.17, 15) is 0 Å². The van der Waals surface area contributed by atoms with E-state index in [1.807, 2.05) is 12.1 Å². The first kappa shape index (κ1) is 13.1. The maximum Gasteiger partial charge on any atom is 0.231 e. The summed E-state index contributed by atoms with van der Waals surface area (Å²) in [6.45, 7) is 2.38. The number of nitrogen functional groups attached to an aromatic ring is 1. The summed E-state index contributed by atoms with van der Waals surface area (Å²) in [5, 5.41) is 4.70. The van der Waals surface area contributed by atoms with Crippen LogP contribution < -0.4 is 15.2 Å². The quantitative estimate of drug-likeness (QED) is 0.941. The molecule has 1 aromatic heterocycles. The average molecular weight is 294 g/mol. The maximum atomic E-state index is 5.92. The normalized spacial score (nSPS) is 14.5. The molecule has 2 heterocycles. The first-order valence-corrected chi connectivity index (χ1v) is 6.90. The number of nitrogens with two attached hydrogens (primary N) is 1. The van der Waals surface area contributed by atoms with Crippen molar-refractivity contribution in [3.05, 3.63) is 35.0 Å². The molecule has 0 amide bonds. The fourth-order valence-corrected chi connectivity index (χ4v) is 2.43. The van der Waals surface area contributed by atoms with Gasteiger partial charge in [0, 0.05) is 0 Å². The third-order valence-corrected chi connectivity index (χ3v) is 3.78. The van der Waals surface area contributed by atoms with Crippen LogP contribution in [0.25, 0.3) is 0 Å². The van der Waals surface area contributed by atoms with Gasteiger partial charge in [0.25, 0.3) is 0 Å². The largest absolute Gasteiger partial charge is 0.454 e. The van der Waals surface area contributed by atoms with Gasteiger partial charge >= 0.3 is 0 Å². The molecule has 1 aliphatic heterocycles. The van der Waals surface area contributed by atoms with Crippen LogP contribution in [0.5, 0.6) is 11.5 Å². The van der Waals surface area contributed by atoms with Crippen LogP contribution in [0.2, 0.25) is 5.02 Å². The van der Waals surface area contributed by atoms with Crippen LogP contribution in [-0.2, 0) is 6.42 Å². The Labute approximate surface area is 122 Å². The van der Waals surface area contributed by atoms with Crippen molar-refractivity contribution in [2.45, 2.75) is 25.8 Å². The van der Waals surface area contributed by atoms with Gasteiger partial charge in [-0.15, -0.1) is 0 Å². The van der Waals surface area contributed by atoms with Crippen LogP contribution in [0.1, 0.15) is 24.9 Å². The summed E-state index contributed by atoms with van der Waals surface area (Å²) in [5.41, 5.74) is 7.08. The Morgan fingerprint density at radius 1 is 1.40 bits per heavy atom. The molecule has 0 radical (unpaired) electrons. The smallest absolute Gasteiger partial charge is 0.231 e. The van der Waals surface area contributed by atoms with Gasteiger partial charge in [-0.05, 0) is 37.5 Å². The topological polar surface area (TPSA) is 62.3 Å². The third-order valence-electron chi connectivity index (χ3n) is 3.49. The summed E-state index contributed by atoms with van der Waals surface area (Å²) in [6.07, 6.45) is 3.41. The van der Waals surface area contributed by atoms with E-state index in [0.717, 1.165) is 24.3 Å². The summed E-state index contributed by atoms with van der Waals surface area (Å²) in [7, 11) is 0. The predicted molar refractivity (Wildman–Crippen MR) is 77.2 cm³/mol. The van der Waals surface area contributed by atoms with Crippen molar-refractivity contribution < 1.29 is 9.47 Å². The van der Waals surface area contributed by atoms with E-state index < -0.39 is 0 Å². The lowest BCUT2D eigenvalue weighted by molar-refractivity contribution is 0.174. The highest BCUT2D eigenvalue weighted by molar-refractivity contribution is 6.32. The molecule has 0 aliphatic carbocycles. The number of hydrogen-bond acceptors (Lipinski definition) is 4. The number of anilines is 1. The van der Waals surface area contributed by atoms with Gasteiger partial charge < -0.3 is 15.2 Å². The zero-order valence-electron chi connectivity index (χ0n) is 11.2. The Balaban J connectivity index is 1.66. The second-order valence-corrected chi connectivity index (χ2v) is 5.30. The van der Waals surface area contributed by atoms with Gasteiger partial charge in [-0.2, -0.15) is 5.10 Å². The predicted octanol–water partition coefficient (Wildman–Crippen LogP) is 3.04. The van der Waals surface area contributed by atoms with Crippen LogP contribution in [0, 0.1) is 0 Å². The average Bonchev–Trinajstić information content (AvgIpc) is 3.03. The fourth-order valence-electron chi connectivity index (χ4n) is 2.30. The minimum absolute atomic E-state index is 0.188. The Morgan fingerprint density at radius 3 is 2.95 bits per heavy atom. The first-order valence-electron chi connectivity index (χ1n) is 6.52. The standard InChI is InChI=1S/C14H16ClN3O2/c1-9(18-14(16)11(15)7-17-18)2-3-10-4-5-12-13(6-10)20-8-19-12/h4-7,9H,2-3,8,16H2,1H3. The molecule has 20 heavy (non-hydrogen) atoms. The van der Waals surface area contributed by atoms with Crippen LogP contribution in [0.15, 0.2) is 24.4 Å². The lowest BCUT2D eigenvalue weighted by Gasteiger charge is -2.14. The summed E-state index contributed by atoms with van der Waals surface area (Å²) in [4.78, 5) is 0. The molecular formula is C14H16ClN3O2. The van der Waals surface area contributed by atoms with Crippen molar-refractivity contribution in [3.8, 4) is 11.5 Å². The van der Waals surface area contributed by atoms with Crippen LogP contribution in [-0.4, -0.2) is 16.6 Å². The number of fused-ring (bicyclic) bond motifs is 1. The second kappa shape index (κ2) is 5.25. The molecule has 106 valence electrons. The number of rotatable bonds is 4. The van der Waals surface area contributed by atoms with Crippen molar-refractivity contribution in [2.24, 2.45) is 0 Å². The van der Waals surface area contributed by atoms with Crippen LogP contribution >= 0.6 is 11.6 Å². The summed E-state index contributed by atoms with van der Waals surface area (Å²) >= 11 is 5.92. The molecule has 6 heteroatoms. The molecule has 0 bridgehead atoms. The van der Waals surface area contributed by atoms with Gasteiger partial charge in [0.05, 0.1) is 12.2 Å². The van der Waals surface area contributed by atoms with E-state index in [-0.39, 0.29) is 6.04 Å². The number of benzene rings is 1. The maximum absolute atomic E-state index is 5.92. The van der Waals surface area contributed by atoms with Gasteiger partial charge in [0.1, 0.15) is 10.8 Å². The molecule has 1 atom stereocenters. The number of aryl methyl sites for hydroxylation is 1. The molecule has 0 fully saturated rings. The van der Waals surface area contributed by atoms with Gasteiger partial charge in [-0.1, -0.05) is 17.7 Å². The molecule has 1 aliphatic rings. The van der Waals surface area contributed by atoms with Crippen molar-refractivity contribution in [3.63, 3.8) is 0 Å². The molecule has 1 aromatic carbocycles. The third kappa shape index (κ3) is 2.41. The van der Waals surface area contributed by atoms with Crippen molar-refractivity contribution in [1.29, 1.82) is 0 Å². The minimum atomic E-state index is 0.188. The molecule has 3 rings (SSSR count). The summed E-state index contributed by atoms with van der Waals surface area (Å²) in [5.74, 6) is 2.14. The molecule has 0 spiro atoms. The zero-order chi connectivity index (χ0) is 14.1. The molecular weight excluding hydrogens is 278 g/mol. The zero-order valence-corrected chi connectivity index (χ0v) is 11.9. The van der Waals surface area contributed by atoms with Gasteiger partial charge in [0.2, 0.25) is 6.79 Å². The molecule has 5 nitrogen and oxygen atoms in total. The minimum Gasteiger partial charge on any atom is -0.454 e. The van der Waals surface area contributed by atoms with Crippen LogP contribution in [0.3, 0.4) is 0 Å². The monoisotopic (exact) mass is 293 g/mol. The van der Waals surface area contributed by atoms with Crippen LogP contribution in [0.4, 0.5) is 5.82 Å². The number of ether oxygens (including phenoxy) is 2. The lowest BCUT2D eigenvalue weighted by atomic mass is 10.1. The second-order valence-electron chi connectivity index (χ2n) is 4.90. The van der Waals surface area contributed by atoms with Gasteiger partial charge in [0.15, 0.2) is 11.5 Å². The lowest BCUT2D eigenvalue weighted by Crippen LogP contribution is -2.11. The Kier molecular flexibility index (Phi) is 3.44. The van der Waals surface area contributed by atoms with Gasteiger partial charge in [-0.25, -0.2) is 4.68 Å². The molecule has 0 saturated carbocycles. The molecule has 0 saturated heterocycles. The number of halogens is 1. The summed E-state index contributed by atoms with van der Waals surface area (Å²) < 4.78 is 12.4. The Bertz CT molecular complexity index is 627. The van der Waals surface area contributed by atoms with E-state index in [1.54, 1.807) is 10.9 Å². The molecule has 1 unspecified atom stereocenters. The van der Waals surface area contributed by atoms with Gasteiger partial charge in [-0.3, -0.25) is 0 Å². The number of nitrogens with zero attached hydrogens (tertiary/aromatic N) is 2. The molecule has 2 N–H and O–H groups in total. The van der Waals surface area contributed by atoms with Crippen molar-refractivity contribution in [2.75, 3.05) is 12.5 Å². The van der Waals surface area contributed by atoms with E-state index >= 15 is 0 Å². The van der Waals surface area contributed by atoms with E-state index in [0.29, 0.717) is 17.6 Å². The first-order chi connectivity index (χ1) is 9.65. The van der Waals surface area contributed by atoms with E-state index in [4.69, 9.17) is 26.8 Å². The SMILES string of the molecule is CC(CCc1ccc2c(c1)OCO2)n1ncc(Cl)c1N. The van der Waals surface area contributed by atoms with Crippen molar-refractivity contribution in [1.82, 2.24) is 9.78 Å². The van der Waals surface area contributed by atoms with E-state index in [2.05, 4.69) is 18.1 Å². The Hall–Kier alpha value is -1.88. The highest BCUT2D eigenvalue weighted by atomic mass is 35.5. The molecule has 2 aromatic rings.